The van der Waals surface area contributed by atoms with Crippen LogP contribution in [0.4, 0.5) is 0 Å². The van der Waals surface area contributed by atoms with Crippen molar-refractivity contribution in [3.05, 3.63) is 23.3 Å². The van der Waals surface area contributed by atoms with Crippen LogP contribution in [0.25, 0.3) is 0 Å². The molecule has 0 aliphatic rings. The van der Waals surface area contributed by atoms with Gasteiger partial charge >= 0.3 is 0 Å². The standard InChI is InChI=1S/C8H7B.Al.Y/c1-6-3-4-7(2)8(9)5-6;;/h5H,1-2H3;;/q-1;;. The number of hydrogen-bond acceptors (Lipinski definition) is 0. The first-order valence-corrected chi connectivity index (χ1v) is 3.73. The van der Waals surface area contributed by atoms with Gasteiger partial charge in [-0.2, -0.15) is 28.7 Å². The maximum absolute atomic E-state index is 5.65. The molecule has 0 atom stereocenters. The van der Waals surface area contributed by atoms with Crippen molar-refractivity contribution < 1.29 is 32.7 Å². The molecule has 49 valence electrons. The third-order valence-electron chi connectivity index (χ3n) is 1.55. The normalized spacial score (nSPS) is 8.91. The quantitative estimate of drug-likeness (QED) is 0.423. The fraction of sp³-hybridized carbons (Fsp3) is 0.250. The summed E-state index contributed by atoms with van der Waals surface area (Å²) in [5.41, 5.74) is 3.02. The molecule has 0 nitrogen and oxygen atoms in total. The summed E-state index contributed by atoms with van der Waals surface area (Å²) >= 11 is 2.63. The Morgan fingerprint density at radius 3 is 2.45 bits per heavy atom. The maximum Gasteiger partial charge on any atom is 0.131 e. The molecule has 0 fully saturated rings. The van der Waals surface area contributed by atoms with Gasteiger partial charge in [0.25, 0.3) is 0 Å². The van der Waals surface area contributed by atoms with E-state index in [1.54, 1.807) is 0 Å². The Morgan fingerprint density at radius 1 is 1.45 bits per heavy atom. The van der Waals surface area contributed by atoms with E-state index in [4.69, 9.17) is 7.85 Å². The van der Waals surface area contributed by atoms with Gasteiger partial charge in [-0.3, -0.25) is 0 Å². The molecule has 1 aromatic rings. The molecule has 0 aliphatic heterocycles. The molecule has 0 unspecified atom stereocenters. The fourth-order valence-corrected chi connectivity index (χ4v) is 1.09. The zero-order valence-corrected chi connectivity index (χ0v) is 10.8. The monoisotopic (exact) mass is 230 g/mol. The van der Waals surface area contributed by atoms with Crippen LogP contribution in [0.5, 0.6) is 0 Å². The third kappa shape index (κ3) is 3.04. The van der Waals surface area contributed by atoms with Crippen molar-refractivity contribution >= 4 is 34.0 Å². The smallest absolute Gasteiger partial charge is 0.131 e. The molecule has 0 bridgehead atoms. The van der Waals surface area contributed by atoms with Gasteiger partial charge in [0.2, 0.25) is 0 Å². The number of hydrogen-bond donors (Lipinski definition) is 0. The van der Waals surface area contributed by atoms with Crippen LogP contribution in [0.3, 0.4) is 0 Å². The van der Waals surface area contributed by atoms with E-state index in [-0.39, 0.29) is 32.7 Å². The van der Waals surface area contributed by atoms with Crippen molar-refractivity contribution in [1.29, 1.82) is 0 Å². The Kier molecular flexibility index (Phi) is 5.23. The molecule has 0 heterocycles. The molecule has 0 spiro atoms. The van der Waals surface area contributed by atoms with Crippen LogP contribution in [-0.2, 0) is 32.7 Å². The molecule has 0 aliphatic carbocycles. The second kappa shape index (κ2) is 4.83. The Balaban J connectivity index is 0.000001000. The largest absolute Gasteiger partial charge is 0.239 e. The van der Waals surface area contributed by atoms with Crippen molar-refractivity contribution in [3.63, 3.8) is 0 Å². The van der Waals surface area contributed by atoms with Gasteiger partial charge in [0.05, 0.1) is 0 Å². The van der Waals surface area contributed by atoms with Crippen LogP contribution in [0.2, 0.25) is 0 Å². The fourth-order valence-electron chi connectivity index (χ4n) is 0.792. The third-order valence-corrected chi connectivity index (χ3v) is 2.15. The first-order valence-electron chi connectivity index (χ1n) is 3.15. The van der Waals surface area contributed by atoms with Crippen LogP contribution < -0.4 is 9.89 Å². The van der Waals surface area contributed by atoms with Gasteiger partial charge in [0.15, 0.2) is 0 Å². The molecular weight excluding hydrogens is 223 g/mol. The summed E-state index contributed by atoms with van der Waals surface area (Å²) in [5.74, 6) is 0. The van der Waals surface area contributed by atoms with Crippen LogP contribution in [0.15, 0.2) is 6.07 Å². The zero-order valence-electron chi connectivity index (χ0n) is 6.81. The summed E-state index contributed by atoms with van der Waals surface area (Å²) in [4.78, 5) is 0. The molecule has 3 heteroatoms. The summed E-state index contributed by atoms with van der Waals surface area (Å²) < 4.78 is 1.10. The van der Waals surface area contributed by atoms with Gasteiger partial charge in [-0.05, 0) is 0 Å². The molecular formula is C8H7AlBY-. The topological polar surface area (TPSA) is 0 Å². The maximum atomic E-state index is 5.65. The van der Waals surface area contributed by atoms with Crippen molar-refractivity contribution in [1.82, 2.24) is 0 Å². The minimum Gasteiger partial charge on any atom is -0.239 e. The predicted molar refractivity (Wildman–Crippen MR) is 45.5 cm³/mol. The van der Waals surface area contributed by atoms with Crippen molar-refractivity contribution in [3.8, 4) is 0 Å². The minimum absolute atomic E-state index is 0. The molecule has 0 saturated heterocycles. The van der Waals surface area contributed by atoms with E-state index in [0.29, 0.717) is 0 Å². The molecule has 5 radical (unpaired) electrons. The zero-order chi connectivity index (χ0) is 7.72. The molecule has 11 heavy (non-hydrogen) atoms. The average Bonchev–Trinajstić information content (AvgIpc) is 1.84. The van der Waals surface area contributed by atoms with E-state index in [1.165, 1.54) is 5.56 Å². The van der Waals surface area contributed by atoms with E-state index in [2.05, 4.69) is 22.4 Å². The van der Waals surface area contributed by atoms with Crippen LogP contribution in [-0.4, -0.2) is 24.1 Å². The van der Waals surface area contributed by atoms with Gasteiger partial charge in [-0.1, -0.05) is 13.8 Å². The minimum atomic E-state index is 0. The molecule has 0 amide bonds. The Hall–Kier alpha value is 0.921. The van der Waals surface area contributed by atoms with Gasteiger partial charge in [-0.15, -0.1) is 0 Å². The van der Waals surface area contributed by atoms with Gasteiger partial charge in [-0.25, -0.2) is 4.43 Å². The SMILES string of the molecule is [B]c1cc(C)[c]([Al])[c-]c1C.[Y]. The molecule has 0 N–H and O–H groups in total. The summed E-state index contributed by atoms with van der Waals surface area (Å²) in [6.45, 7) is 3.98. The van der Waals surface area contributed by atoms with Crippen molar-refractivity contribution in [2.45, 2.75) is 13.8 Å². The molecule has 0 saturated carbocycles. The molecule has 1 rings (SSSR count). The van der Waals surface area contributed by atoms with Crippen molar-refractivity contribution in [2.75, 3.05) is 0 Å². The first-order chi connectivity index (χ1) is 4.61. The number of aryl methyl sites for hydroxylation is 2. The second-order valence-corrected chi connectivity index (χ2v) is 3.02. The van der Waals surface area contributed by atoms with Gasteiger partial charge < -0.3 is 0 Å². The van der Waals surface area contributed by atoms with Crippen LogP contribution >= 0.6 is 0 Å². The van der Waals surface area contributed by atoms with Gasteiger partial charge in [0, 0.05) is 40.6 Å². The van der Waals surface area contributed by atoms with E-state index >= 15 is 0 Å². The van der Waals surface area contributed by atoms with Crippen molar-refractivity contribution in [2.24, 2.45) is 0 Å². The van der Waals surface area contributed by atoms with E-state index in [0.717, 1.165) is 15.5 Å². The molecule has 0 aromatic heterocycles. The summed E-state index contributed by atoms with van der Waals surface area (Å²) in [5, 5.41) is 0. The van der Waals surface area contributed by atoms with Crippen LogP contribution in [0.1, 0.15) is 11.1 Å². The average molecular weight is 230 g/mol. The van der Waals surface area contributed by atoms with E-state index in [9.17, 15) is 0 Å². The Morgan fingerprint density at radius 2 is 2.00 bits per heavy atom. The second-order valence-electron chi connectivity index (χ2n) is 2.45. The Bertz CT molecular complexity index is 210. The summed E-state index contributed by atoms with van der Waals surface area (Å²) in [6.07, 6.45) is 0. The van der Waals surface area contributed by atoms with E-state index < -0.39 is 0 Å². The molecule has 1 aromatic carbocycles. The first kappa shape index (κ1) is 11.9. The van der Waals surface area contributed by atoms with E-state index in [1.807, 2.05) is 19.9 Å². The predicted octanol–water partition coefficient (Wildman–Crippen LogP) is -0.311. The summed E-state index contributed by atoms with van der Waals surface area (Å²) in [6, 6.07) is 5.11. The Labute approximate surface area is 103 Å². The van der Waals surface area contributed by atoms with Gasteiger partial charge in [0.1, 0.15) is 16.3 Å². The number of rotatable bonds is 0. The van der Waals surface area contributed by atoms with Crippen LogP contribution in [0, 0.1) is 19.9 Å². The number of benzene rings is 1. The summed E-state index contributed by atoms with van der Waals surface area (Å²) in [7, 11) is 5.65.